The van der Waals surface area contributed by atoms with E-state index in [4.69, 9.17) is 4.74 Å². The van der Waals surface area contributed by atoms with E-state index in [2.05, 4.69) is 25.6 Å². The third-order valence-corrected chi connectivity index (χ3v) is 5.18. The fourth-order valence-corrected chi connectivity index (χ4v) is 3.52. The van der Waals surface area contributed by atoms with Crippen LogP contribution in [0, 0.1) is 5.82 Å². The zero-order valence-corrected chi connectivity index (χ0v) is 17.8. The number of methoxy groups -OCH3 is 1. The van der Waals surface area contributed by atoms with Crippen molar-refractivity contribution < 1.29 is 13.9 Å². The van der Waals surface area contributed by atoms with Gasteiger partial charge in [-0.2, -0.15) is 9.77 Å². The van der Waals surface area contributed by atoms with Gasteiger partial charge in [0.2, 0.25) is 0 Å². The Morgan fingerprint density at radius 3 is 2.74 bits per heavy atom. The highest BCUT2D eigenvalue weighted by atomic mass is 19.1. The van der Waals surface area contributed by atoms with Gasteiger partial charge in [-0.05, 0) is 36.4 Å². The summed E-state index contributed by atoms with van der Waals surface area (Å²) >= 11 is 0. The molecule has 0 spiro atoms. The number of nitrogens with one attached hydrogen (secondary N) is 2. The summed E-state index contributed by atoms with van der Waals surface area (Å²) in [5, 5.41) is 6.78. The lowest BCUT2D eigenvalue weighted by molar-refractivity contribution is 0.101. The average molecular weight is 456 g/mol. The number of fused-ring (bicyclic) bond motifs is 1. The molecule has 0 saturated carbocycles. The average Bonchev–Trinajstić information content (AvgIpc) is 3.30. The van der Waals surface area contributed by atoms with Crippen molar-refractivity contribution in [1.82, 2.24) is 24.8 Å². The largest absolute Gasteiger partial charge is 0.497 e. The van der Waals surface area contributed by atoms with Gasteiger partial charge < -0.3 is 4.74 Å². The molecule has 10 heteroatoms. The summed E-state index contributed by atoms with van der Waals surface area (Å²) in [6, 6.07) is 16.1. The van der Waals surface area contributed by atoms with Crippen LogP contribution in [-0.4, -0.2) is 37.9 Å². The van der Waals surface area contributed by atoms with E-state index in [1.54, 1.807) is 54.6 Å². The van der Waals surface area contributed by atoms with E-state index < -0.39 is 17.3 Å². The van der Waals surface area contributed by atoms with Crippen molar-refractivity contribution in [3.05, 3.63) is 94.8 Å². The highest BCUT2D eigenvalue weighted by Crippen LogP contribution is 2.28. The summed E-state index contributed by atoms with van der Waals surface area (Å²) < 4.78 is 20.8. The van der Waals surface area contributed by atoms with Crippen LogP contribution >= 0.6 is 0 Å². The van der Waals surface area contributed by atoms with Crippen molar-refractivity contribution in [2.75, 3.05) is 12.5 Å². The Morgan fingerprint density at radius 2 is 1.97 bits per heavy atom. The number of hydrogen-bond donors (Lipinski definition) is 2. The van der Waals surface area contributed by atoms with Crippen molar-refractivity contribution in [2.24, 2.45) is 0 Å². The van der Waals surface area contributed by atoms with Gasteiger partial charge in [-0.3, -0.25) is 25.1 Å². The predicted molar refractivity (Wildman–Crippen MR) is 123 cm³/mol. The van der Waals surface area contributed by atoms with Crippen LogP contribution in [0.15, 0.2) is 77.9 Å². The maximum absolute atomic E-state index is 14.5. The third kappa shape index (κ3) is 3.66. The lowest BCUT2D eigenvalue weighted by atomic mass is 10.1. The Hall–Kier alpha value is -4.86. The maximum Gasteiger partial charge on any atom is 0.298 e. The van der Waals surface area contributed by atoms with Gasteiger partial charge >= 0.3 is 0 Å². The minimum atomic E-state index is -0.616. The zero-order valence-electron chi connectivity index (χ0n) is 17.8. The number of carbonyl (C=O) groups excluding carboxylic acids is 1. The number of aromatic amines is 1. The molecule has 0 saturated heterocycles. The standard InChI is InChI=1S/C24H17FN6O3/c1-34-16-8-4-6-14(12-16)22-27-20-19(17-9-2-3-10-18(17)25)28-29-21(20)24(33)31(22)30-23(32)15-7-5-11-26-13-15/h2-13H,1H3,(H,28,29)(H,30,32). The molecule has 0 atom stereocenters. The maximum atomic E-state index is 14.5. The number of pyridine rings is 1. The minimum absolute atomic E-state index is 0.0105. The van der Waals surface area contributed by atoms with Crippen LogP contribution in [0.1, 0.15) is 10.4 Å². The monoisotopic (exact) mass is 456 g/mol. The summed E-state index contributed by atoms with van der Waals surface area (Å²) in [6.45, 7) is 0. The molecule has 3 aromatic heterocycles. The number of hydrogen-bond acceptors (Lipinski definition) is 6. The highest BCUT2D eigenvalue weighted by Gasteiger charge is 2.22. The van der Waals surface area contributed by atoms with Crippen LogP contribution in [0.2, 0.25) is 0 Å². The topological polar surface area (TPSA) is 115 Å². The number of aromatic nitrogens is 5. The van der Waals surface area contributed by atoms with Gasteiger partial charge in [-0.1, -0.05) is 24.3 Å². The molecule has 5 aromatic rings. The molecule has 2 aromatic carbocycles. The first-order chi connectivity index (χ1) is 16.6. The summed E-state index contributed by atoms with van der Waals surface area (Å²) in [5.41, 5.74) is 3.26. The van der Waals surface area contributed by atoms with Gasteiger partial charge in [0, 0.05) is 23.5 Å². The molecule has 1 amide bonds. The molecule has 0 unspecified atom stereocenters. The molecule has 5 rings (SSSR count). The van der Waals surface area contributed by atoms with Crippen molar-refractivity contribution in [3.63, 3.8) is 0 Å². The third-order valence-electron chi connectivity index (χ3n) is 5.18. The lowest BCUT2D eigenvalue weighted by Crippen LogP contribution is -2.35. The van der Waals surface area contributed by atoms with Crippen LogP contribution in [0.4, 0.5) is 4.39 Å². The van der Waals surface area contributed by atoms with Crippen LogP contribution in [0.25, 0.3) is 33.7 Å². The van der Waals surface area contributed by atoms with E-state index in [9.17, 15) is 14.0 Å². The van der Waals surface area contributed by atoms with Gasteiger partial charge in [-0.15, -0.1) is 0 Å². The van der Waals surface area contributed by atoms with Crippen molar-refractivity contribution in [2.45, 2.75) is 0 Å². The predicted octanol–water partition coefficient (Wildman–Crippen LogP) is 3.38. The Morgan fingerprint density at radius 1 is 1.12 bits per heavy atom. The molecule has 9 nitrogen and oxygen atoms in total. The summed E-state index contributed by atoms with van der Waals surface area (Å²) in [4.78, 5) is 34.9. The Kier molecular flexibility index (Phi) is 5.30. The Balaban J connectivity index is 1.75. The van der Waals surface area contributed by atoms with Gasteiger partial charge in [0.15, 0.2) is 11.3 Å². The molecule has 0 aliphatic heterocycles. The molecule has 0 aliphatic rings. The van der Waals surface area contributed by atoms with Crippen LogP contribution < -0.4 is 15.7 Å². The van der Waals surface area contributed by atoms with Crippen LogP contribution in [0.5, 0.6) is 5.75 Å². The summed E-state index contributed by atoms with van der Waals surface area (Å²) in [7, 11) is 1.51. The molecule has 0 bridgehead atoms. The summed E-state index contributed by atoms with van der Waals surface area (Å²) in [6.07, 6.45) is 2.91. The van der Waals surface area contributed by atoms with E-state index in [0.29, 0.717) is 11.3 Å². The number of carbonyl (C=O) groups is 1. The van der Waals surface area contributed by atoms with Gasteiger partial charge in [-0.25, -0.2) is 9.37 Å². The molecule has 0 fully saturated rings. The molecule has 2 N–H and O–H groups in total. The van der Waals surface area contributed by atoms with Crippen LogP contribution in [-0.2, 0) is 0 Å². The van der Waals surface area contributed by atoms with Crippen molar-refractivity contribution in [1.29, 1.82) is 0 Å². The molecule has 168 valence electrons. The minimum Gasteiger partial charge on any atom is -0.497 e. The van der Waals surface area contributed by atoms with E-state index in [1.807, 2.05) is 0 Å². The van der Waals surface area contributed by atoms with E-state index >= 15 is 0 Å². The lowest BCUT2D eigenvalue weighted by Gasteiger charge is -2.14. The molecule has 3 heterocycles. The fraction of sp³-hybridized carbons (Fsp3) is 0.0417. The van der Waals surface area contributed by atoms with E-state index in [-0.39, 0.29) is 33.7 Å². The van der Waals surface area contributed by atoms with E-state index in [0.717, 1.165) is 4.68 Å². The number of amides is 1. The zero-order chi connectivity index (χ0) is 23.7. The molecular formula is C24H17FN6O3. The van der Waals surface area contributed by atoms with Gasteiger partial charge in [0.25, 0.3) is 11.5 Å². The number of ether oxygens (including phenoxy) is 1. The van der Waals surface area contributed by atoms with Crippen molar-refractivity contribution in [3.8, 4) is 28.4 Å². The number of H-pyrrole nitrogens is 1. The Bertz CT molecular complexity index is 1580. The Labute approximate surface area is 191 Å². The fourth-order valence-electron chi connectivity index (χ4n) is 3.52. The second kappa shape index (κ2) is 8.58. The van der Waals surface area contributed by atoms with Gasteiger partial charge in [0.05, 0.1) is 12.7 Å². The first-order valence-electron chi connectivity index (χ1n) is 10.2. The normalized spacial score (nSPS) is 10.9. The molecule has 34 heavy (non-hydrogen) atoms. The first kappa shape index (κ1) is 21.0. The number of nitrogens with zero attached hydrogens (tertiary/aromatic N) is 4. The molecule has 0 aliphatic carbocycles. The molecular weight excluding hydrogens is 439 g/mol. The number of rotatable bonds is 5. The molecule has 0 radical (unpaired) electrons. The quantitative estimate of drug-likeness (QED) is 0.419. The van der Waals surface area contributed by atoms with Crippen molar-refractivity contribution >= 4 is 16.9 Å². The second-order valence-electron chi connectivity index (χ2n) is 7.27. The smallest absolute Gasteiger partial charge is 0.298 e. The second-order valence-corrected chi connectivity index (χ2v) is 7.27. The number of halogens is 1. The van der Waals surface area contributed by atoms with Gasteiger partial charge in [0.1, 0.15) is 22.8 Å². The first-order valence-corrected chi connectivity index (χ1v) is 10.2. The highest BCUT2D eigenvalue weighted by molar-refractivity contribution is 6.00. The SMILES string of the molecule is COc1cccc(-c2nc3c(-c4ccccc4F)n[nH]c3c(=O)n2NC(=O)c2cccnc2)c1. The van der Waals surface area contributed by atoms with Crippen LogP contribution in [0.3, 0.4) is 0 Å². The van der Waals surface area contributed by atoms with E-state index in [1.165, 1.54) is 25.6 Å². The summed E-state index contributed by atoms with van der Waals surface area (Å²) in [5.74, 6) is -0.421. The number of benzene rings is 2.